The van der Waals surface area contributed by atoms with Crippen molar-refractivity contribution in [2.45, 2.75) is 65.1 Å². The number of hydrogen-bond acceptors (Lipinski definition) is 5. The summed E-state index contributed by atoms with van der Waals surface area (Å²) in [7, 11) is 0. The molecule has 0 bridgehead atoms. The molecule has 0 aromatic heterocycles. The molecule has 0 amide bonds. The number of esters is 1. The summed E-state index contributed by atoms with van der Waals surface area (Å²) >= 11 is 0. The Kier molecular flexibility index (Phi) is 5.36. The minimum atomic E-state index is -0.798. The van der Waals surface area contributed by atoms with E-state index in [1.54, 1.807) is 0 Å². The van der Waals surface area contributed by atoms with Crippen LogP contribution in [0.5, 0.6) is 0 Å². The molecule has 2 aliphatic carbocycles. The molecule has 1 fully saturated rings. The van der Waals surface area contributed by atoms with Crippen molar-refractivity contribution < 1.29 is 19.6 Å². The highest BCUT2D eigenvalue weighted by Gasteiger charge is 2.52. The molecular weight excluding hydrogens is 358 g/mol. The fourth-order valence-electron chi connectivity index (χ4n) is 4.99. The number of rotatable bonds is 3. The van der Waals surface area contributed by atoms with E-state index in [-0.39, 0.29) is 22.9 Å². The van der Waals surface area contributed by atoms with E-state index in [0.29, 0.717) is 5.56 Å². The van der Waals surface area contributed by atoms with Gasteiger partial charge in [-0.2, -0.15) is 0 Å². The quantitative estimate of drug-likeness (QED) is 0.352. The van der Waals surface area contributed by atoms with E-state index >= 15 is 0 Å². The summed E-state index contributed by atoms with van der Waals surface area (Å²) in [5.74, 6) is -0.464. The third-order valence-corrected chi connectivity index (χ3v) is 6.66. The molecule has 4 unspecified atom stereocenters. The summed E-state index contributed by atoms with van der Waals surface area (Å²) in [6, 6.07) is 5.47. The number of nitro groups is 1. The van der Waals surface area contributed by atoms with E-state index in [1.165, 1.54) is 24.3 Å². The SMILES string of the molecule is CC1=CCC2C(C1OC(=O)c1ccc([N+](=O)[O-])cc1)C(C)(C)CCCC2(C)O. The minimum absolute atomic E-state index is 0.0111. The lowest BCUT2D eigenvalue weighted by Crippen LogP contribution is -2.50. The Labute approximate surface area is 165 Å². The third kappa shape index (κ3) is 3.83. The molecule has 0 heterocycles. The van der Waals surface area contributed by atoms with Crippen LogP contribution in [0.2, 0.25) is 0 Å². The van der Waals surface area contributed by atoms with Crippen LogP contribution in [-0.2, 0) is 4.74 Å². The van der Waals surface area contributed by atoms with E-state index < -0.39 is 22.6 Å². The van der Waals surface area contributed by atoms with Crippen LogP contribution in [0.15, 0.2) is 35.9 Å². The van der Waals surface area contributed by atoms with Crippen molar-refractivity contribution in [3.05, 3.63) is 51.6 Å². The second kappa shape index (κ2) is 7.32. The number of fused-ring (bicyclic) bond motifs is 1. The molecule has 0 aliphatic heterocycles. The zero-order chi connectivity index (χ0) is 20.7. The van der Waals surface area contributed by atoms with Crippen molar-refractivity contribution in [1.29, 1.82) is 0 Å². The predicted octanol–water partition coefficient (Wildman–Crippen LogP) is 4.66. The van der Waals surface area contributed by atoms with Gasteiger partial charge >= 0.3 is 5.97 Å². The molecule has 4 atom stereocenters. The van der Waals surface area contributed by atoms with Crippen LogP contribution < -0.4 is 0 Å². The Hall–Kier alpha value is -2.21. The van der Waals surface area contributed by atoms with Gasteiger partial charge in [0.1, 0.15) is 6.10 Å². The maximum Gasteiger partial charge on any atom is 0.338 e. The van der Waals surface area contributed by atoms with Crippen molar-refractivity contribution in [3.8, 4) is 0 Å². The normalized spacial score (nSPS) is 31.9. The maximum absolute atomic E-state index is 12.8. The summed E-state index contributed by atoms with van der Waals surface area (Å²) < 4.78 is 5.96. The van der Waals surface area contributed by atoms with E-state index in [4.69, 9.17) is 4.74 Å². The second-order valence-electron chi connectivity index (χ2n) is 9.15. The summed E-state index contributed by atoms with van der Waals surface area (Å²) in [4.78, 5) is 23.1. The number of benzene rings is 1. The fourth-order valence-corrected chi connectivity index (χ4v) is 4.99. The van der Waals surface area contributed by atoms with E-state index in [1.807, 2.05) is 13.8 Å². The smallest absolute Gasteiger partial charge is 0.338 e. The minimum Gasteiger partial charge on any atom is -0.454 e. The molecule has 1 aromatic rings. The van der Waals surface area contributed by atoms with Gasteiger partial charge in [0.2, 0.25) is 0 Å². The molecule has 2 aliphatic rings. The molecule has 0 radical (unpaired) electrons. The van der Waals surface area contributed by atoms with Gasteiger partial charge in [0.15, 0.2) is 0 Å². The van der Waals surface area contributed by atoms with Crippen molar-refractivity contribution in [2.75, 3.05) is 0 Å². The lowest BCUT2D eigenvalue weighted by atomic mass is 9.61. The topological polar surface area (TPSA) is 89.7 Å². The highest BCUT2D eigenvalue weighted by Crippen LogP contribution is 2.53. The van der Waals surface area contributed by atoms with Gasteiger partial charge in [-0.1, -0.05) is 26.3 Å². The highest BCUT2D eigenvalue weighted by atomic mass is 16.6. The molecule has 0 spiro atoms. The molecule has 152 valence electrons. The van der Waals surface area contributed by atoms with Crippen LogP contribution in [0.3, 0.4) is 0 Å². The summed E-state index contributed by atoms with van der Waals surface area (Å²) in [5, 5.41) is 21.9. The first-order valence-corrected chi connectivity index (χ1v) is 9.87. The summed E-state index contributed by atoms with van der Waals surface area (Å²) in [6.07, 6.45) is 5.08. The number of carbonyl (C=O) groups excluding carboxylic acids is 1. The largest absolute Gasteiger partial charge is 0.454 e. The lowest BCUT2D eigenvalue weighted by molar-refractivity contribution is -0.384. The Bertz CT molecular complexity index is 794. The molecular formula is C22H29NO5. The average molecular weight is 387 g/mol. The Morgan fingerprint density at radius 3 is 2.46 bits per heavy atom. The molecule has 1 N–H and O–H groups in total. The van der Waals surface area contributed by atoms with Crippen LogP contribution in [0, 0.1) is 27.4 Å². The van der Waals surface area contributed by atoms with Crippen LogP contribution in [0.1, 0.15) is 63.7 Å². The average Bonchev–Trinajstić information content (AvgIpc) is 2.71. The van der Waals surface area contributed by atoms with E-state index in [2.05, 4.69) is 19.9 Å². The predicted molar refractivity (Wildman–Crippen MR) is 106 cm³/mol. The Morgan fingerprint density at radius 2 is 1.86 bits per heavy atom. The first kappa shape index (κ1) is 20.5. The number of carbonyl (C=O) groups is 1. The molecule has 1 aromatic carbocycles. The highest BCUT2D eigenvalue weighted by molar-refractivity contribution is 5.89. The molecule has 3 rings (SSSR count). The zero-order valence-corrected chi connectivity index (χ0v) is 17.0. The van der Waals surface area contributed by atoms with Crippen LogP contribution in [0.4, 0.5) is 5.69 Å². The van der Waals surface area contributed by atoms with Crippen LogP contribution >= 0.6 is 0 Å². The van der Waals surface area contributed by atoms with Gasteiger partial charge < -0.3 is 9.84 Å². The summed E-state index contributed by atoms with van der Waals surface area (Å²) in [5.41, 5.74) is 0.349. The number of hydrogen-bond donors (Lipinski definition) is 1. The van der Waals surface area contributed by atoms with Crippen molar-refractivity contribution >= 4 is 11.7 Å². The van der Waals surface area contributed by atoms with Crippen molar-refractivity contribution in [1.82, 2.24) is 0 Å². The molecule has 6 heteroatoms. The van der Waals surface area contributed by atoms with Crippen molar-refractivity contribution in [2.24, 2.45) is 17.3 Å². The first-order chi connectivity index (χ1) is 13.0. The van der Waals surface area contributed by atoms with Crippen LogP contribution in [0.25, 0.3) is 0 Å². The number of allylic oxidation sites excluding steroid dienone is 1. The lowest BCUT2D eigenvalue weighted by Gasteiger charge is -2.48. The first-order valence-electron chi connectivity index (χ1n) is 9.87. The van der Waals surface area contributed by atoms with Gasteiger partial charge in [0.05, 0.1) is 16.1 Å². The Balaban J connectivity index is 1.90. The van der Waals surface area contributed by atoms with Gasteiger partial charge in [0, 0.05) is 18.1 Å². The van der Waals surface area contributed by atoms with Gasteiger partial charge in [-0.25, -0.2) is 4.79 Å². The number of aliphatic hydroxyl groups is 1. The monoisotopic (exact) mass is 387 g/mol. The number of non-ortho nitro benzene ring substituents is 1. The molecule has 6 nitrogen and oxygen atoms in total. The Morgan fingerprint density at radius 1 is 1.21 bits per heavy atom. The van der Waals surface area contributed by atoms with Gasteiger partial charge in [-0.3, -0.25) is 10.1 Å². The zero-order valence-electron chi connectivity index (χ0n) is 17.0. The second-order valence-corrected chi connectivity index (χ2v) is 9.15. The van der Waals surface area contributed by atoms with Gasteiger partial charge in [0.25, 0.3) is 5.69 Å². The summed E-state index contributed by atoms with van der Waals surface area (Å²) in [6.45, 7) is 8.25. The number of nitrogens with zero attached hydrogens (tertiary/aromatic N) is 1. The van der Waals surface area contributed by atoms with Crippen molar-refractivity contribution in [3.63, 3.8) is 0 Å². The van der Waals surface area contributed by atoms with Gasteiger partial charge in [-0.15, -0.1) is 0 Å². The van der Waals surface area contributed by atoms with E-state index in [0.717, 1.165) is 31.3 Å². The third-order valence-electron chi connectivity index (χ3n) is 6.66. The standard InChI is InChI=1S/C22H29NO5/c1-14-6-11-17-18(21(2,3)12-5-13-22(17,4)25)19(14)28-20(24)15-7-9-16(10-8-15)23(26)27/h6-10,17-19,25H,5,11-13H2,1-4H3. The van der Waals surface area contributed by atoms with E-state index in [9.17, 15) is 20.0 Å². The van der Waals surface area contributed by atoms with Gasteiger partial charge in [-0.05, 0) is 62.1 Å². The molecule has 0 saturated heterocycles. The maximum atomic E-state index is 12.8. The number of ether oxygens (including phenoxy) is 1. The molecule has 28 heavy (non-hydrogen) atoms. The fraction of sp³-hybridized carbons (Fsp3) is 0.591. The molecule has 1 saturated carbocycles. The van der Waals surface area contributed by atoms with Crippen LogP contribution in [-0.4, -0.2) is 27.7 Å². The number of nitro benzene ring substituents is 1.